The molecule has 1 heterocycles. The zero-order valence-electron chi connectivity index (χ0n) is 21.6. The maximum atomic E-state index is 14.1. The molecule has 6 nitrogen and oxygen atoms in total. The van der Waals surface area contributed by atoms with Crippen LogP contribution < -0.4 is 10.3 Å². The lowest BCUT2D eigenvalue weighted by molar-refractivity contribution is 0.397. The molecule has 0 atom stereocenters. The van der Waals surface area contributed by atoms with Gasteiger partial charge < -0.3 is 9.72 Å². The van der Waals surface area contributed by atoms with Crippen molar-refractivity contribution in [1.82, 2.24) is 9.29 Å². The highest BCUT2D eigenvalue weighted by Gasteiger charge is 2.29. The highest BCUT2D eigenvalue weighted by atomic mass is 32.2. The van der Waals surface area contributed by atoms with Crippen molar-refractivity contribution in [2.24, 2.45) is 0 Å². The second-order valence-corrected chi connectivity index (χ2v) is 11.4. The Kier molecular flexibility index (Phi) is 7.07. The van der Waals surface area contributed by atoms with Crippen LogP contribution in [0.2, 0.25) is 0 Å². The number of pyridine rings is 1. The fraction of sp³-hybridized carbons (Fsp3) is 0.276. The smallest absolute Gasteiger partial charge is 0.252 e. The second-order valence-electron chi connectivity index (χ2n) is 9.52. The predicted molar refractivity (Wildman–Crippen MR) is 144 cm³/mol. The quantitative estimate of drug-likeness (QED) is 0.362. The number of aryl methyl sites for hydroxylation is 5. The van der Waals surface area contributed by atoms with Crippen LogP contribution in [0.4, 0.5) is 0 Å². The summed E-state index contributed by atoms with van der Waals surface area (Å²) in [6.07, 6.45) is 0. The molecule has 1 aromatic heterocycles. The highest BCUT2D eigenvalue weighted by molar-refractivity contribution is 7.89. The van der Waals surface area contributed by atoms with Gasteiger partial charge in [-0.15, -0.1) is 0 Å². The van der Waals surface area contributed by atoms with E-state index in [1.54, 1.807) is 25.3 Å². The SMILES string of the molecule is COc1ccc(CN(Cc2cc3cc(C)cc(C)c3[nH]c2=O)S(=O)(=O)c2c(C)cc(C)cc2C)cc1. The first kappa shape index (κ1) is 25.7. The number of benzene rings is 3. The van der Waals surface area contributed by atoms with Crippen molar-refractivity contribution in [3.05, 3.63) is 104 Å². The summed E-state index contributed by atoms with van der Waals surface area (Å²) in [4.78, 5) is 16.3. The molecule has 4 aromatic rings. The molecule has 3 aromatic carbocycles. The lowest BCUT2D eigenvalue weighted by atomic mass is 10.1. The van der Waals surface area contributed by atoms with Crippen LogP contribution in [0.1, 0.15) is 38.9 Å². The van der Waals surface area contributed by atoms with E-state index in [9.17, 15) is 13.2 Å². The summed E-state index contributed by atoms with van der Waals surface area (Å²) in [7, 11) is -2.34. The summed E-state index contributed by atoms with van der Waals surface area (Å²) in [5.74, 6) is 0.690. The molecule has 7 heteroatoms. The Balaban J connectivity index is 1.84. The monoisotopic (exact) mass is 504 g/mol. The van der Waals surface area contributed by atoms with Crippen LogP contribution in [0.15, 0.2) is 64.3 Å². The largest absolute Gasteiger partial charge is 0.497 e. The zero-order valence-corrected chi connectivity index (χ0v) is 22.4. The standard InChI is InChI=1S/C29H32N2O4S/c1-18-12-21(4)28(22(5)13-18)36(33,34)31(16-23-7-9-26(35-6)10-8-23)17-25-15-24-14-19(2)11-20(3)27(24)30-29(25)32/h7-15H,16-17H2,1-6H3,(H,30,32). The molecule has 36 heavy (non-hydrogen) atoms. The minimum atomic E-state index is -3.93. The van der Waals surface area contributed by atoms with Crippen molar-refractivity contribution < 1.29 is 13.2 Å². The van der Waals surface area contributed by atoms with Crippen molar-refractivity contribution in [2.75, 3.05) is 7.11 Å². The molecule has 0 saturated carbocycles. The molecule has 188 valence electrons. The average molecular weight is 505 g/mol. The van der Waals surface area contributed by atoms with Crippen LogP contribution in [-0.2, 0) is 23.1 Å². The van der Waals surface area contributed by atoms with Gasteiger partial charge in [0.1, 0.15) is 5.75 Å². The molecule has 0 radical (unpaired) electrons. The highest BCUT2D eigenvalue weighted by Crippen LogP contribution is 2.28. The van der Waals surface area contributed by atoms with Crippen LogP contribution in [-0.4, -0.2) is 24.8 Å². The third-order valence-electron chi connectivity index (χ3n) is 6.44. The Hall–Kier alpha value is -3.42. The van der Waals surface area contributed by atoms with Crippen molar-refractivity contribution in [2.45, 2.75) is 52.6 Å². The maximum Gasteiger partial charge on any atom is 0.252 e. The van der Waals surface area contributed by atoms with E-state index in [0.29, 0.717) is 22.4 Å². The van der Waals surface area contributed by atoms with Gasteiger partial charge in [-0.25, -0.2) is 8.42 Å². The van der Waals surface area contributed by atoms with Crippen molar-refractivity contribution in [3.63, 3.8) is 0 Å². The molecule has 0 unspecified atom stereocenters. The molecular formula is C29H32N2O4S. The summed E-state index contributed by atoms with van der Waals surface area (Å²) < 4.78 is 34.8. The first-order valence-corrected chi connectivity index (χ1v) is 13.3. The number of fused-ring (bicyclic) bond motifs is 1. The summed E-state index contributed by atoms with van der Waals surface area (Å²) in [6.45, 7) is 9.58. The van der Waals surface area contributed by atoms with E-state index in [1.165, 1.54) is 4.31 Å². The Labute approximate surface area is 212 Å². The number of rotatable bonds is 7. The summed E-state index contributed by atoms with van der Waals surface area (Å²) in [5, 5.41) is 0.881. The van der Waals surface area contributed by atoms with E-state index in [2.05, 4.69) is 4.98 Å². The number of methoxy groups -OCH3 is 1. The number of aromatic amines is 1. The number of nitrogens with one attached hydrogen (secondary N) is 1. The Morgan fingerprint density at radius 2 is 1.39 bits per heavy atom. The molecule has 0 aliphatic carbocycles. The summed E-state index contributed by atoms with van der Waals surface area (Å²) >= 11 is 0. The van der Waals surface area contributed by atoms with E-state index in [4.69, 9.17) is 4.74 Å². The number of ether oxygens (including phenoxy) is 1. The second kappa shape index (κ2) is 9.91. The molecule has 0 aliphatic heterocycles. The molecule has 0 fully saturated rings. The third-order valence-corrected chi connectivity index (χ3v) is 8.54. The van der Waals surface area contributed by atoms with Gasteiger partial charge in [0.25, 0.3) is 5.56 Å². The summed E-state index contributed by atoms with van der Waals surface area (Å²) in [5.41, 5.74) is 6.09. The van der Waals surface area contributed by atoms with Crippen molar-refractivity contribution in [1.29, 1.82) is 0 Å². The van der Waals surface area contributed by atoms with Gasteiger partial charge in [0.2, 0.25) is 10.0 Å². The predicted octanol–water partition coefficient (Wildman–Crippen LogP) is 5.47. The molecule has 0 bridgehead atoms. The van der Waals surface area contributed by atoms with E-state index >= 15 is 0 Å². The van der Waals surface area contributed by atoms with Gasteiger partial charge in [-0.1, -0.05) is 41.5 Å². The molecule has 0 spiro atoms. The van der Waals surface area contributed by atoms with Gasteiger partial charge in [-0.2, -0.15) is 4.31 Å². The van der Waals surface area contributed by atoms with Crippen LogP contribution in [0.25, 0.3) is 10.9 Å². The van der Waals surface area contributed by atoms with Gasteiger partial charge in [0.15, 0.2) is 0 Å². The molecule has 0 amide bonds. The Morgan fingerprint density at radius 1 is 0.806 bits per heavy atom. The molecule has 1 N–H and O–H groups in total. The van der Waals surface area contributed by atoms with E-state index in [1.807, 2.05) is 71.0 Å². The molecule has 0 aliphatic rings. The normalized spacial score (nSPS) is 11.9. The molecular weight excluding hydrogens is 472 g/mol. The number of hydrogen-bond acceptors (Lipinski definition) is 4. The third kappa shape index (κ3) is 5.08. The van der Waals surface area contributed by atoms with Crippen LogP contribution in [0.3, 0.4) is 0 Å². The van der Waals surface area contributed by atoms with Gasteiger partial charge in [-0.05, 0) is 86.5 Å². The van der Waals surface area contributed by atoms with Gasteiger partial charge in [-0.3, -0.25) is 4.79 Å². The van der Waals surface area contributed by atoms with Crippen molar-refractivity contribution in [3.8, 4) is 5.75 Å². The molecule has 4 rings (SSSR count). The van der Waals surface area contributed by atoms with Gasteiger partial charge in [0.05, 0.1) is 17.5 Å². The first-order chi connectivity index (χ1) is 17.0. The van der Waals surface area contributed by atoms with Crippen LogP contribution >= 0.6 is 0 Å². The fourth-order valence-electron chi connectivity index (χ4n) is 4.90. The van der Waals surface area contributed by atoms with Gasteiger partial charge >= 0.3 is 0 Å². The lowest BCUT2D eigenvalue weighted by Crippen LogP contribution is -2.33. The summed E-state index contributed by atoms with van der Waals surface area (Å²) in [6, 6.07) is 16.9. The van der Waals surface area contributed by atoms with Gasteiger partial charge in [0, 0.05) is 18.7 Å². The van der Waals surface area contributed by atoms with Crippen LogP contribution in [0, 0.1) is 34.6 Å². The number of H-pyrrole nitrogens is 1. The van der Waals surface area contributed by atoms with E-state index in [0.717, 1.165) is 33.2 Å². The fourth-order valence-corrected chi connectivity index (χ4v) is 6.72. The molecule has 0 saturated heterocycles. The zero-order chi connectivity index (χ0) is 26.2. The topological polar surface area (TPSA) is 79.5 Å². The maximum absolute atomic E-state index is 14.1. The minimum Gasteiger partial charge on any atom is -0.497 e. The number of hydrogen-bond donors (Lipinski definition) is 1. The average Bonchev–Trinajstić information content (AvgIpc) is 2.79. The number of aromatic nitrogens is 1. The Morgan fingerprint density at radius 3 is 2.00 bits per heavy atom. The lowest BCUT2D eigenvalue weighted by Gasteiger charge is -2.25. The van der Waals surface area contributed by atoms with Crippen molar-refractivity contribution >= 4 is 20.9 Å². The number of nitrogens with zero attached hydrogens (tertiary/aromatic N) is 1. The van der Waals surface area contributed by atoms with E-state index < -0.39 is 10.0 Å². The first-order valence-electron chi connectivity index (χ1n) is 11.8. The van der Waals surface area contributed by atoms with E-state index in [-0.39, 0.29) is 23.5 Å². The Bertz CT molecular complexity index is 1580. The van der Waals surface area contributed by atoms with Crippen LogP contribution in [0.5, 0.6) is 5.75 Å². The minimum absolute atomic E-state index is 0.0562. The number of sulfonamides is 1.